The van der Waals surface area contributed by atoms with Gasteiger partial charge in [-0.05, 0) is 19.3 Å². The zero-order valence-corrected chi connectivity index (χ0v) is 11.7. The van der Waals surface area contributed by atoms with Crippen LogP contribution in [0.25, 0.3) is 0 Å². The molecule has 104 valence electrons. The molecule has 0 aliphatic carbocycles. The van der Waals surface area contributed by atoms with Crippen LogP contribution in [-0.2, 0) is 17.8 Å². The molecule has 0 spiro atoms. The molecule has 1 aliphatic heterocycles. The second-order valence-electron chi connectivity index (χ2n) is 5.02. The number of rotatable bonds is 4. The van der Waals surface area contributed by atoms with Crippen LogP contribution in [0.15, 0.2) is 6.20 Å². The van der Waals surface area contributed by atoms with Gasteiger partial charge in [0, 0.05) is 32.6 Å². The minimum atomic E-state index is -0.0566. The van der Waals surface area contributed by atoms with Crippen LogP contribution >= 0.6 is 0 Å². The molecule has 0 atom stereocenters. The maximum absolute atomic E-state index is 12.2. The van der Waals surface area contributed by atoms with Gasteiger partial charge in [-0.25, -0.2) is 4.98 Å². The van der Waals surface area contributed by atoms with Crippen LogP contribution in [0.5, 0.6) is 0 Å². The normalized spacial score (nSPS) is 15.6. The molecule has 0 N–H and O–H groups in total. The van der Waals surface area contributed by atoms with Crippen molar-refractivity contribution in [1.82, 2.24) is 14.5 Å². The molecule has 2 heterocycles. The predicted molar refractivity (Wildman–Crippen MR) is 72.0 cm³/mol. The van der Waals surface area contributed by atoms with E-state index >= 15 is 0 Å². The molecule has 1 fully saturated rings. The fourth-order valence-electron chi connectivity index (χ4n) is 2.43. The zero-order valence-electron chi connectivity index (χ0n) is 11.7. The molecule has 0 saturated carbocycles. The third-order valence-electron chi connectivity index (χ3n) is 3.55. The van der Waals surface area contributed by atoms with Crippen molar-refractivity contribution in [2.24, 2.45) is 0 Å². The molecule has 1 aliphatic rings. The Morgan fingerprint density at radius 3 is 2.53 bits per heavy atom. The summed E-state index contributed by atoms with van der Waals surface area (Å²) in [5, 5.41) is 0. The fraction of sp³-hybridized carbons (Fsp3) is 0.643. The van der Waals surface area contributed by atoms with Crippen molar-refractivity contribution in [2.45, 2.75) is 46.1 Å². The number of ketones is 1. The number of carbonyl (C=O) groups is 2. The highest BCUT2D eigenvalue weighted by Crippen LogP contribution is 2.11. The average Bonchev–Trinajstić information content (AvgIpc) is 2.83. The second-order valence-corrected chi connectivity index (χ2v) is 5.02. The Balaban J connectivity index is 2.08. The fourth-order valence-corrected chi connectivity index (χ4v) is 2.43. The number of Topliss-reactive ketones (excluding diaryl/α,β-unsaturated/α-hetero) is 1. The lowest BCUT2D eigenvalue weighted by Gasteiger charge is -2.27. The third-order valence-corrected chi connectivity index (χ3v) is 3.55. The first-order valence-electron chi connectivity index (χ1n) is 6.96. The van der Waals surface area contributed by atoms with E-state index in [0.29, 0.717) is 12.2 Å². The van der Waals surface area contributed by atoms with Crippen molar-refractivity contribution in [2.75, 3.05) is 13.1 Å². The molecular formula is C14H21N3O2. The van der Waals surface area contributed by atoms with Gasteiger partial charge in [-0.3, -0.25) is 9.59 Å². The van der Waals surface area contributed by atoms with Gasteiger partial charge in [0.05, 0.1) is 0 Å². The topological polar surface area (TPSA) is 55.2 Å². The minimum absolute atomic E-state index is 0.0566. The van der Waals surface area contributed by atoms with E-state index in [1.54, 1.807) is 6.20 Å². The van der Waals surface area contributed by atoms with Crippen molar-refractivity contribution in [3.05, 3.63) is 17.7 Å². The van der Waals surface area contributed by atoms with Gasteiger partial charge >= 0.3 is 0 Å². The van der Waals surface area contributed by atoms with Gasteiger partial charge in [0.25, 0.3) is 0 Å². The Hall–Kier alpha value is -1.65. The molecule has 2 rings (SSSR count). The molecule has 1 amide bonds. The third kappa shape index (κ3) is 3.22. The Morgan fingerprint density at radius 1 is 1.26 bits per heavy atom. The Labute approximate surface area is 113 Å². The second kappa shape index (κ2) is 5.99. The standard InChI is InChI=1S/C14H21N3O2/c1-3-13-15-12(11(2)18)9-17(13)10-14(19)16-7-5-4-6-8-16/h9H,3-8,10H2,1-2H3. The summed E-state index contributed by atoms with van der Waals surface area (Å²) < 4.78 is 1.81. The first kappa shape index (κ1) is 13.8. The molecule has 0 aromatic carbocycles. The van der Waals surface area contributed by atoms with Crippen LogP contribution in [0.1, 0.15) is 49.4 Å². The lowest BCUT2D eigenvalue weighted by Crippen LogP contribution is -2.37. The highest BCUT2D eigenvalue weighted by Gasteiger charge is 2.18. The van der Waals surface area contributed by atoms with Crippen LogP contribution in [-0.4, -0.2) is 39.2 Å². The van der Waals surface area contributed by atoms with E-state index in [2.05, 4.69) is 4.98 Å². The number of nitrogens with zero attached hydrogens (tertiary/aromatic N) is 3. The average molecular weight is 263 g/mol. The van der Waals surface area contributed by atoms with E-state index in [0.717, 1.165) is 38.2 Å². The first-order valence-corrected chi connectivity index (χ1v) is 6.96. The summed E-state index contributed by atoms with van der Waals surface area (Å²) in [6.45, 7) is 5.49. The van der Waals surface area contributed by atoms with Gasteiger partial charge in [0.15, 0.2) is 5.78 Å². The molecule has 0 bridgehead atoms. The maximum Gasteiger partial charge on any atom is 0.242 e. The summed E-state index contributed by atoms with van der Waals surface area (Å²) in [7, 11) is 0. The van der Waals surface area contributed by atoms with Crippen LogP contribution in [0.2, 0.25) is 0 Å². The smallest absolute Gasteiger partial charge is 0.242 e. The number of hydrogen-bond donors (Lipinski definition) is 0. The Bertz CT molecular complexity index is 473. The predicted octanol–water partition coefficient (Wildman–Crippen LogP) is 1.66. The van der Waals surface area contributed by atoms with Crippen LogP contribution < -0.4 is 0 Å². The van der Waals surface area contributed by atoms with Crippen molar-refractivity contribution in [3.8, 4) is 0 Å². The van der Waals surface area contributed by atoms with Gasteiger partial charge in [-0.1, -0.05) is 6.92 Å². The molecule has 1 aromatic rings. The molecular weight excluding hydrogens is 242 g/mol. The monoisotopic (exact) mass is 263 g/mol. The van der Waals surface area contributed by atoms with Gasteiger partial charge in [-0.15, -0.1) is 0 Å². The molecule has 1 saturated heterocycles. The van der Waals surface area contributed by atoms with Gasteiger partial charge < -0.3 is 9.47 Å². The summed E-state index contributed by atoms with van der Waals surface area (Å²) in [5.41, 5.74) is 0.447. The molecule has 0 unspecified atom stereocenters. The number of likely N-dealkylation sites (tertiary alicyclic amines) is 1. The number of amides is 1. The molecule has 5 heteroatoms. The summed E-state index contributed by atoms with van der Waals surface area (Å²) in [5.74, 6) is 0.872. The first-order chi connectivity index (χ1) is 9.11. The number of aromatic nitrogens is 2. The van der Waals surface area contributed by atoms with Crippen LogP contribution in [0.4, 0.5) is 0 Å². The van der Waals surface area contributed by atoms with Gasteiger partial charge in [-0.2, -0.15) is 0 Å². The van der Waals surface area contributed by atoms with E-state index in [9.17, 15) is 9.59 Å². The molecule has 5 nitrogen and oxygen atoms in total. The van der Waals surface area contributed by atoms with Crippen molar-refractivity contribution in [1.29, 1.82) is 0 Å². The Morgan fingerprint density at radius 2 is 1.95 bits per heavy atom. The van der Waals surface area contributed by atoms with Crippen molar-refractivity contribution in [3.63, 3.8) is 0 Å². The summed E-state index contributed by atoms with van der Waals surface area (Å²) in [6.07, 6.45) is 5.82. The van der Waals surface area contributed by atoms with Crippen LogP contribution in [0.3, 0.4) is 0 Å². The van der Waals surface area contributed by atoms with E-state index in [1.807, 2.05) is 16.4 Å². The summed E-state index contributed by atoms with van der Waals surface area (Å²) in [4.78, 5) is 29.7. The highest BCUT2D eigenvalue weighted by atomic mass is 16.2. The number of carbonyl (C=O) groups excluding carboxylic acids is 2. The minimum Gasteiger partial charge on any atom is -0.341 e. The van der Waals surface area contributed by atoms with Crippen LogP contribution in [0, 0.1) is 0 Å². The number of piperidine rings is 1. The van der Waals surface area contributed by atoms with Crippen molar-refractivity contribution < 1.29 is 9.59 Å². The number of imidazole rings is 1. The Kier molecular flexibility index (Phi) is 4.35. The zero-order chi connectivity index (χ0) is 13.8. The van der Waals surface area contributed by atoms with E-state index in [4.69, 9.17) is 0 Å². The molecule has 1 aromatic heterocycles. The molecule has 0 radical (unpaired) electrons. The lowest BCUT2D eigenvalue weighted by molar-refractivity contribution is -0.132. The number of hydrogen-bond acceptors (Lipinski definition) is 3. The van der Waals surface area contributed by atoms with E-state index in [-0.39, 0.29) is 11.7 Å². The maximum atomic E-state index is 12.2. The van der Waals surface area contributed by atoms with E-state index < -0.39 is 0 Å². The SMILES string of the molecule is CCc1nc(C(C)=O)cn1CC(=O)N1CCCCC1. The quantitative estimate of drug-likeness (QED) is 0.776. The molecule has 19 heavy (non-hydrogen) atoms. The number of aryl methyl sites for hydroxylation is 1. The largest absolute Gasteiger partial charge is 0.341 e. The lowest BCUT2D eigenvalue weighted by atomic mass is 10.1. The van der Waals surface area contributed by atoms with Gasteiger partial charge in [0.2, 0.25) is 5.91 Å². The van der Waals surface area contributed by atoms with Crippen molar-refractivity contribution >= 4 is 11.7 Å². The van der Waals surface area contributed by atoms with E-state index in [1.165, 1.54) is 13.3 Å². The highest BCUT2D eigenvalue weighted by molar-refractivity contribution is 5.92. The summed E-state index contributed by atoms with van der Waals surface area (Å²) >= 11 is 0. The van der Waals surface area contributed by atoms with Gasteiger partial charge in [0.1, 0.15) is 18.1 Å². The summed E-state index contributed by atoms with van der Waals surface area (Å²) in [6, 6.07) is 0.